The van der Waals surface area contributed by atoms with E-state index in [9.17, 15) is 30.0 Å². The molecular formula is C8H12F3NO5S2. The Hall–Kier alpha value is -0.390. The Morgan fingerprint density at radius 3 is 2.11 bits per heavy atom. The van der Waals surface area contributed by atoms with Gasteiger partial charge in [0.1, 0.15) is 0 Å². The van der Waals surface area contributed by atoms with Crippen molar-refractivity contribution in [3.05, 3.63) is 0 Å². The first kappa shape index (κ1) is 15.0. The van der Waals surface area contributed by atoms with Crippen LogP contribution in [-0.4, -0.2) is 28.4 Å². The van der Waals surface area contributed by atoms with Gasteiger partial charge in [0.15, 0.2) is 0 Å². The minimum Gasteiger partial charge on any atom is -0.254 e. The minimum atomic E-state index is -5.97. The summed E-state index contributed by atoms with van der Waals surface area (Å²) in [5.41, 5.74) is -5.70. The molecule has 0 aliphatic heterocycles. The summed E-state index contributed by atoms with van der Waals surface area (Å²) in [5.74, 6) is 0.277. The molecule has 19 heavy (non-hydrogen) atoms. The molecule has 0 aromatic carbocycles. The van der Waals surface area contributed by atoms with Crippen LogP contribution in [0.4, 0.5) is 13.2 Å². The average Bonchev–Trinajstić information content (AvgIpc) is 2.73. The monoisotopic (exact) mass is 323 g/mol. The van der Waals surface area contributed by atoms with Crippen molar-refractivity contribution >= 4 is 20.3 Å². The molecule has 0 heterocycles. The molecular weight excluding hydrogens is 311 g/mol. The minimum absolute atomic E-state index is 0.0323. The molecule has 2 saturated carbocycles. The van der Waals surface area contributed by atoms with Gasteiger partial charge in [-0.15, -0.1) is 0 Å². The standard InChI is InChI=1S/C8H12F3NO5S2/c9-8(10,11)18(13,14)12-19(15,16)17-7-4-5-1-2-6(7)3-5/h5-7,12H,1-4H2. The lowest BCUT2D eigenvalue weighted by Crippen LogP contribution is -2.42. The van der Waals surface area contributed by atoms with E-state index in [4.69, 9.17) is 0 Å². The summed E-state index contributed by atoms with van der Waals surface area (Å²) in [6.45, 7) is 0. The fraction of sp³-hybridized carbons (Fsp3) is 1.00. The molecule has 2 aliphatic rings. The van der Waals surface area contributed by atoms with Crippen LogP contribution < -0.4 is 4.13 Å². The van der Waals surface area contributed by atoms with E-state index in [-0.39, 0.29) is 5.92 Å². The van der Waals surface area contributed by atoms with Gasteiger partial charge in [-0.25, -0.2) is 8.42 Å². The largest absolute Gasteiger partial charge is 0.512 e. The van der Waals surface area contributed by atoms with E-state index in [1.807, 2.05) is 0 Å². The fourth-order valence-corrected chi connectivity index (χ4v) is 4.84. The molecule has 0 aromatic heterocycles. The quantitative estimate of drug-likeness (QED) is 0.829. The fourth-order valence-electron chi connectivity index (χ4n) is 2.67. The zero-order chi connectivity index (χ0) is 14.5. The van der Waals surface area contributed by atoms with E-state index in [1.165, 1.54) is 0 Å². The van der Waals surface area contributed by atoms with Crippen LogP contribution in [0.3, 0.4) is 0 Å². The Balaban J connectivity index is 2.04. The highest BCUT2D eigenvalue weighted by atomic mass is 32.3. The second-order valence-electron chi connectivity index (χ2n) is 4.80. The summed E-state index contributed by atoms with van der Waals surface area (Å²) in [7, 11) is -11.0. The zero-order valence-corrected chi connectivity index (χ0v) is 11.2. The van der Waals surface area contributed by atoms with Crippen molar-refractivity contribution < 1.29 is 34.2 Å². The lowest BCUT2D eigenvalue weighted by atomic mass is 9.98. The Kier molecular flexibility index (Phi) is 3.61. The van der Waals surface area contributed by atoms with Crippen LogP contribution in [0.1, 0.15) is 25.7 Å². The number of nitrogens with one attached hydrogen (secondary N) is 1. The summed E-state index contributed by atoms with van der Waals surface area (Å²) < 4.78 is 85.3. The number of alkyl halides is 3. The lowest BCUT2D eigenvalue weighted by Gasteiger charge is -2.21. The van der Waals surface area contributed by atoms with E-state index in [1.54, 1.807) is 0 Å². The summed E-state index contributed by atoms with van der Waals surface area (Å²) >= 11 is 0. The molecule has 2 rings (SSSR count). The van der Waals surface area contributed by atoms with Crippen molar-refractivity contribution in [3.63, 3.8) is 0 Å². The van der Waals surface area contributed by atoms with Gasteiger partial charge in [-0.3, -0.25) is 4.18 Å². The lowest BCUT2D eigenvalue weighted by molar-refractivity contribution is -0.0442. The number of halogens is 3. The Labute approximate surface area is 108 Å². The molecule has 1 N–H and O–H groups in total. The molecule has 2 fully saturated rings. The van der Waals surface area contributed by atoms with Gasteiger partial charge < -0.3 is 0 Å². The number of hydrogen-bond acceptors (Lipinski definition) is 5. The Bertz CT molecular complexity index is 555. The first-order valence-corrected chi connectivity index (χ1v) is 8.42. The van der Waals surface area contributed by atoms with Crippen molar-refractivity contribution in [2.24, 2.45) is 11.8 Å². The van der Waals surface area contributed by atoms with Crippen LogP contribution in [0.15, 0.2) is 0 Å². The van der Waals surface area contributed by atoms with Gasteiger partial charge in [-0.05, 0) is 37.5 Å². The maximum absolute atomic E-state index is 12.1. The molecule has 0 saturated heterocycles. The smallest absolute Gasteiger partial charge is 0.254 e. The van der Waals surface area contributed by atoms with Crippen LogP contribution in [-0.2, 0) is 24.5 Å². The van der Waals surface area contributed by atoms with E-state index in [2.05, 4.69) is 4.18 Å². The summed E-state index contributed by atoms with van der Waals surface area (Å²) in [6.07, 6.45) is 2.15. The van der Waals surface area contributed by atoms with E-state index in [0.29, 0.717) is 16.5 Å². The molecule has 3 unspecified atom stereocenters. The predicted molar refractivity (Wildman–Crippen MR) is 57.4 cm³/mol. The average molecular weight is 323 g/mol. The second kappa shape index (κ2) is 4.57. The third-order valence-electron chi connectivity index (χ3n) is 3.44. The second-order valence-corrected chi connectivity index (χ2v) is 8.03. The molecule has 3 atom stereocenters. The molecule has 0 spiro atoms. The zero-order valence-electron chi connectivity index (χ0n) is 9.55. The highest BCUT2D eigenvalue weighted by molar-refractivity contribution is 8.03. The highest BCUT2D eigenvalue weighted by Gasteiger charge is 2.50. The van der Waals surface area contributed by atoms with Gasteiger partial charge >= 0.3 is 25.8 Å². The van der Waals surface area contributed by atoms with Gasteiger partial charge in [0.2, 0.25) is 0 Å². The van der Waals surface area contributed by atoms with Gasteiger partial charge in [-0.2, -0.15) is 21.6 Å². The Morgan fingerprint density at radius 1 is 1.05 bits per heavy atom. The summed E-state index contributed by atoms with van der Waals surface area (Å²) in [5, 5.41) is 0. The van der Waals surface area contributed by atoms with Gasteiger partial charge in [-0.1, -0.05) is 4.13 Å². The van der Waals surface area contributed by atoms with Gasteiger partial charge in [0.25, 0.3) is 0 Å². The third kappa shape index (κ3) is 3.20. The molecule has 2 bridgehead atoms. The van der Waals surface area contributed by atoms with Crippen LogP contribution in [0.5, 0.6) is 0 Å². The third-order valence-corrected chi connectivity index (χ3v) is 6.24. The van der Waals surface area contributed by atoms with Crippen LogP contribution in [0.2, 0.25) is 0 Å². The molecule has 2 aliphatic carbocycles. The topological polar surface area (TPSA) is 89.5 Å². The number of fused-ring (bicyclic) bond motifs is 2. The number of sulfonamides is 1. The molecule has 11 heteroatoms. The van der Waals surface area contributed by atoms with Gasteiger partial charge in [0, 0.05) is 0 Å². The van der Waals surface area contributed by atoms with E-state index >= 15 is 0 Å². The molecule has 0 aromatic rings. The van der Waals surface area contributed by atoms with Crippen LogP contribution in [0, 0.1) is 11.8 Å². The van der Waals surface area contributed by atoms with Crippen molar-refractivity contribution in [1.82, 2.24) is 4.13 Å². The van der Waals surface area contributed by atoms with Crippen molar-refractivity contribution in [1.29, 1.82) is 0 Å². The Morgan fingerprint density at radius 2 is 1.68 bits per heavy atom. The van der Waals surface area contributed by atoms with Gasteiger partial charge in [0.05, 0.1) is 6.10 Å². The first-order chi connectivity index (χ1) is 8.50. The normalized spacial score (nSPS) is 31.8. The number of hydrogen-bond donors (Lipinski definition) is 1. The van der Waals surface area contributed by atoms with E-state index < -0.39 is 31.9 Å². The first-order valence-electron chi connectivity index (χ1n) is 5.53. The number of rotatable bonds is 4. The van der Waals surface area contributed by atoms with Crippen molar-refractivity contribution in [2.45, 2.75) is 37.3 Å². The maximum atomic E-state index is 12.1. The van der Waals surface area contributed by atoms with Crippen molar-refractivity contribution in [2.75, 3.05) is 0 Å². The maximum Gasteiger partial charge on any atom is 0.512 e. The molecule has 6 nitrogen and oxygen atoms in total. The SMILES string of the molecule is O=S(=O)(NS(=O)(=O)C(F)(F)F)OC1CC2CCC1C2. The van der Waals surface area contributed by atoms with Crippen LogP contribution >= 0.6 is 0 Å². The predicted octanol–water partition coefficient (Wildman–Crippen LogP) is 0.876. The summed E-state index contributed by atoms with van der Waals surface area (Å²) in [6, 6.07) is 0. The molecule has 0 amide bonds. The summed E-state index contributed by atoms with van der Waals surface area (Å²) in [4.78, 5) is 0. The molecule has 0 radical (unpaired) electrons. The van der Waals surface area contributed by atoms with Crippen LogP contribution in [0.25, 0.3) is 0 Å². The van der Waals surface area contributed by atoms with E-state index in [0.717, 1.165) is 19.3 Å². The highest BCUT2D eigenvalue weighted by Crippen LogP contribution is 2.46. The van der Waals surface area contributed by atoms with Crippen molar-refractivity contribution in [3.8, 4) is 0 Å². The molecule has 112 valence electrons.